The van der Waals surface area contributed by atoms with Gasteiger partial charge in [-0.25, -0.2) is 4.98 Å². The number of carbonyl (C=O) groups is 2. The fraction of sp³-hybridized carbons (Fsp3) is 0.286. The first kappa shape index (κ1) is 20.8. The number of rotatable bonds is 9. The highest BCUT2D eigenvalue weighted by molar-refractivity contribution is 7.13. The number of nitrogens with zero attached hydrogens (tertiary/aromatic N) is 2. The number of benzene rings is 2. The molecule has 3 aromatic rings. The second kappa shape index (κ2) is 9.99. The standard InChI is InChI=1S/C21H24N4O3S/c1-25(2)10-5-8-22-20(27)17-12-15-6-3-4-7-16(15)13-18(17)28-14-19(26)24-21-23-9-11-29-21/h3-4,6-7,9,11-13H,5,8,10,14H2,1-2H3,(H,22,27)(H,23,24,26). The number of hydrogen-bond donors (Lipinski definition) is 2. The first-order valence-corrected chi connectivity index (χ1v) is 10.2. The quantitative estimate of drug-likeness (QED) is 0.528. The van der Waals surface area contributed by atoms with Gasteiger partial charge in [0.15, 0.2) is 11.7 Å². The van der Waals surface area contributed by atoms with Crippen molar-refractivity contribution >= 4 is 39.1 Å². The molecule has 0 aliphatic heterocycles. The average molecular weight is 413 g/mol. The predicted molar refractivity (Wildman–Crippen MR) is 116 cm³/mol. The maximum Gasteiger partial charge on any atom is 0.264 e. The molecule has 0 aliphatic rings. The minimum absolute atomic E-state index is 0.209. The fourth-order valence-electron chi connectivity index (χ4n) is 2.79. The predicted octanol–water partition coefficient (Wildman–Crippen LogP) is 3.00. The normalized spacial score (nSPS) is 10.9. The summed E-state index contributed by atoms with van der Waals surface area (Å²) in [5.74, 6) is -0.168. The highest BCUT2D eigenvalue weighted by Gasteiger charge is 2.15. The Balaban J connectivity index is 1.72. The van der Waals surface area contributed by atoms with Crippen LogP contribution in [0.4, 0.5) is 5.13 Å². The Kier molecular flexibility index (Phi) is 7.15. The second-order valence-corrected chi connectivity index (χ2v) is 7.68. The molecule has 2 amide bonds. The second-order valence-electron chi connectivity index (χ2n) is 6.78. The summed E-state index contributed by atoms with van der Waals surface area (Å²) in [5.41, 5.74) is 0.413. The highest BCUT2D eigenvalue weighted by atomic mass is 32.1. The lowest BCUT2D eigenvalue weighted by Gasteiger charge is -2.14. The van der Waals surface area contributed by atoms with Gasteiger partial charge >= 0.3 is 0 Å². The van der Waals surface area contributed by atoms with Gasteiger partial charge in [0.05, 0.1) is 5.56 Å². The van der Waals surface area contributed by atoms with E-state index in [-0.39, 0.29) is 18.4 Å². The third-order valence-electron chi connectivity index (χ3n) is 4.20. The number of carbonyl (C=O) groups excluding carboxylic acids is 2. The van der Waals surface area contributed by atoms with Crippen LogP contribution in [0.25, 0.3) is 10.8 Å². The van der Waals surface area contributed by atoms with E-state index >= 15 is 0 Å². The van der Waals surface area contributed by atoms with E-state index in [0.717, 1.165) is 23.7 Å². The van der Waals surface area contributed by atoms with Gasteiger partial charge in [-0.1, -0.05) is 24.3 Å². The van der Waals surface area contributed by atoms with Crippen molar-refractivity contribution < 1.29 is 14.3 Å². The molecular formula is C21H24N4O3S. The summed E-state index contributed by atoms with van der Waals surface area (Å²) in [7, 11) is 3.99. The van der Waals surface area contributed by atoms with Crippen molar-refractivity contribution in [1.29, 1.82) is 0 Å². The van der Waals surface area contributed by atoms with Gasteiger partial charge in [0.2, 0.25) is 0 Å². The van der Waals surface area contributed by atoms with Gasteiger partial charge in [-0.2, -0.15) is 0 Å². The first-order valence-electron chi connectivity index (χ1n) is 9.31. The summed E-state index contributed by atoms with van der Waals surface area (Å²) < 4.78 is 5.72. The van der Waals surface area contributed by atoms with Gasteiger partial charge in [0.1, 0.15) is 5.75 Å². The Morgan fingerprint density at radius 2 is 1.93 bits per heavy atom. The molecule has 0 radical (unpaired) electrons. The minimum Gasteiger partial charge on any atom is -0.483 e. The van der Waals surface area contributed by atoms with Crippen LogP contribution in [0, 0.1) is 0 Å². The lowest BCUT2D eigenvalue weighted by atomic mass is 10.1. The Hall–Kier alpha value is -2.97. The molecule has 0 spiro atoms. The van der Waals surface area contributed by atoms with Crippen molar-refractivity contribution in [3.05, 3.63) is 53.5 Å². The molecule has 152 valence electrons. The number of aromatic nitrogens is 1. The van der Waals surface area contributed by atoms with Crippen LogP contribution in [-0.4, -0.2) is 55.5 Å². The van der Waals surface area contributed by atoms with Gasteiger partial charge < -0.3 is 15.0 Å². The fourth-order valence-corrected chi connectivity index (χ4v) is 3.34. The molecule has 0 bridgehead atoms. The maximum absolute atomic E-state index is 12.7. The lowest BCUT2D eigenvalue weighted by Crippen LogP contribution is -2.28. The summed E-state index contributed by atoms with van der Waals surface area (Å²) in [6, 6.07) is 11.3. The van der Waals surface area contributed by atoms with Crippen molar-refractivity contribution in [2.24, 2.45) is 0 Å². The van der Waals surface area contributed by atoms with Crippen LogP contribution >= 0.6 is 11.3 Å². The summed E-state index contributed by atoms with van der Waals surface area (Å²) in [6.07, 6.45) is 2.46. The van der Waals surface area contributed by atoms with Gasteiger partial charge in [0.25, 0.3) is 11.8 Å². The van der Waals surface area contributed by atoms with Gasteiger partial charge in [-0.05, 0) is 50.0 Å². The molecule has 2 aromatic carbocycles. The number of anilines is 1. The van der Waals surface area contributed by atoms with Gasteiger partial charge in [-0.3, -0.25) is 14.9 Å². The molecule has 2 N–H and O–H groups in total. The van der Waals surface area contributed by atoms with E-state index in [9.17, 15) is 9.59 Å². The summed E-state index contributed by atoms with van der Waals surface area (Å²) in [4.78, 5) is 31.0. The lowest BCUT2D eigenvalue weighted by molar-refractivity contribution is -0.118. The van der Waals surface area contributed by atoms with Gasteiger partial charge in [0, 0.05) is 18.1 Å². The monoisotopic (exact) mass is 412 g/mol. The number of thiazole rings is 1. The average Bonchev–Trinajstić information content (AvgIpc) is 3.21. The van der Waals surface area contributed by atoms with Crippen LogP contribution in [0.15, 0.2) is 48.0 Å². The van der Waals surface area contributed by atoms with Gasteiger partial charge in [-0.15, -0.1) is 11.3 Å². The molecule has 7 nitrogen and oxygen atoms in total. The maximum atomic E-state index is 12.7. The van der Waals surface area contributed by atoms with Crippen LogP contribution in [-0.2, 0) is 4.79 Å². The molecule has 0 saturated heterocycles. The molecule has 3 rings (SSSR count). The van der Waals surface area contributed by atoms with E-state index in [2.05, 4.69) is 20.5 Å². The first-order chi connectivity index (χ1) is 14.0. The molecule has 29 heavy (non-hydrogen) atoms. The molecule has 1 aromatic heterocycles. The summed E-state index contributed by atoms with van der Waals surface area (Å²) in [6.45, 7) is 1.24. The van der Waals surface area contributed by atoms with E-state index in [0.29, 0.717) is 23.0 Å². The molecule has 0 aliphatic carbocycles. The zero-order valence-electron chi connectivity index (χ0n) is 16.5. The zero-order chi connectivity index (χ0) is 20.6. The largest absolute Gasteiger partial charge is 0.483 e. The third kappa shape index (κ3) is 6.00. The summed E-state index contributed by atoms with van der Waals surface area (Å²) >= 11 is 1.33. The third-order valence-corrected chi connectivity index (χ3v) is 4.89. The Labute approximate surface area is 173 Å². The van der Waals surface area contributed by atoms with Crippen LogP contribution in [0.5, 0.6) is 5.75 Å². The van der Waals surface area contributed by atoms with Crippen molar-refractivity contribution in [2.45, 2.75) is 6.42 Å². The van der Waals surface area contributed by atoms with Crippen molar-refractivity contribution in [2.75, 3.05) is 39.1 Å². The van der Waals surface area contributed by atoms with Crippen LogP contribution < -0.4 is 15.4 Å². The molecular weight excluding hydrogens is 388 g/mol. The van der Waals surface area contributed by atoms with E-state index in [1.807, 2.05) is 38.4 Å². The van der Waals surface area contributed by atoms with Crippen molar-refractivity contribution in [3.8, 4) is 5.75 Å². The minimum atomic E-state index is -0.328. The van der Waals surface area contributed by atoms with Crippen LogP contribution in [0.1, 0.15) is 16.8 Å². The number of nitrogens with one attached hydrogen (secondary N) is 2. The molecule has 8 heteroatoms. The Bertz CT molecular complexity index is 973. The molecule has 1 heterocycles. The van der Waals surface area contributed by atoms with E-state index in [4.69, 9.17) is 4.74 Å². The number of fused-ring (bicyclic) bond motifs is 1. The molecule has 0 saturated carbocycles. The Morgan fingerprint density at radius 3 is 2.62 bits per heavy atom. The molecule has 0 atom stereocenters. The number of ether oxygens (including phenoxy) is 1. The smallest absolute Gasteiger partial charge is 0.264 e. The van der Waals surface area contributed by atoms with E-state index < -0.39 is 0 Å². The zero-order valence-corrected chi connectivity index (χ0v) is 17.3. The van der Waals surface area contributed by atoms with Crippen molar-refractivity contribution in [1.82, 2.24) is 15.2 Å². The SMILES string of the molecule is CN(C)CCCNC(=O)c1cc2ccccc2cc1OCC(=O)Nc1nccs1. The van der Waals surface area contributed by atoms with Crippen LogP contribution in [0.3, 0.4) is 0 Å². The molecule has 0 fully saturated rings. The highest BCUT2D eigenvalue weighted by Crippen LogP contribution is 2.26. The van der Waals surface area contributed by atoms with Crippen LogP contribution in [0.2, 0.25) is 0 Å². The molecule has 0 unspecified atom stereocenters. The number of hydrogen-bond acceptors (Lipinski definition) is 6. The van der Waals surface area contributed by atoms with Crippen molar-refractivity contribution in [3.63, 3.8) is 0 Å². The topological polar surface area (TPSA) is 83.6 Å². The Morgan fingerprint density at radius 1 is 1.17 bits per heavy atom. The van der Waals surface area contributed by atoms with E-state index in [1.54, 1.807) is 23.7 Å². The summed E-state index contributed by atoms with van der Waals surface area (Å²) in [5, 5.41) is 9.76. The number of amides is 2. The van der Waals surface area contributed by atoms with E-state index in [1.165, 1.54) is 11.3 Å².